The number of rotatable bonds is 6. The Morgan fingerprint density at radius 1 is 1.04 bits per heavy atom. The number of ether oxygens (including phenoxy) is 2. The van der Waals surface area contributed by atoms with Gasteiger partial charge in [-0.2, -0.15) is 10.5 Å². The van der Waals surface area contributed by atoms with E-state index < -0.39 is 0 Å². The van der Waals surface area contributed by atoms with E-state index in [-0.39, 0.29) is 5.82 Å². The Bertz CT molecular complexity index is 998. The van der Waals surface area contributed by atoms with Crippen molar-refractivity contribution in [2.75, 3.05) is 7.11 Å². The lowest BCUT2D eigenvalue weighted by molar-refractivity contribution is 0.284. The zero-order valence-electron chi connectivity index (χ0n) is 14.1. The van der Waals surface area contributed by atoms with E-state index >= 15 is 0 Å². The van der Waals surface area contributed by atoms with Crippen molar-refractivity contribution in [1.82, 2.24) is 14.8 Å². The quantitative estimate of drug-likeness (QED) is 0.681. The van der Waals surface area contributed by atoms with Crippen LogP contribution in [0.15, 0.2) is 48.8 Å². The lowest BCUT2D eigenvalue weighted by Crippen LogP contribution is -2.02. The summed E-state index contributed by atoms with van der Waals surface area (Å²) in [5, 5.41) is 21.8. The molecule has 7 nitrogen and oxygen atoms in total. The average molecular weight is 345 g/mol. The van der Waals surface area contributed by atoms with Crippen molar-refractivity contribution in [3.63, 3.8) is 0 Å². The second-order valence-electron chi connectivity index (χ2n) is 5.46. The van der Waals surface area contributed by atoms with Crippen molar-refractivity contribution >= 4 is 0 Å². The lowest BCUT2D eigenvalue weighted by Gasteiger charge is -2.12. The molecule has 0 spiro atoms. The highest BCUT2D eigenvalue weighted by Crippen LogP contribution is 2.29. The Kier molecular flexibility index (Phi) is 5.11. The van der Waals surface area contributed by atoms with Gasteiger partial charge in [-0.15, -0.1) is 5.10 Å². The van der Waals surface area contributed by atoms with Crippen LogP contribution in [0, 0.1) is 22.7 Å². The molecule has 0 radical (unpaired) electrons. The zero-order chi connectivity index (χ0) is 18.4. The molecule has 0 atom stereocenters. The third-order valence-electron chi connectivity index (χ3n) is 3.66. The molecule has 128 valence electrons. The van der Waals surface area contributed by atoms with Crippen LogP contribution in [0.3, 0.4) is 0 Å². The maximum Gasteiger partial charge on any atom is 0.252 e. The normalized spacial score (nSPS) is 9.96. The molecular formula is C19H15N5O2. The maximum absolute atomic E-state index is 8.96. The predicted octanol–water partition coefficient (Wildman–Crippen LogP) is 2.66. The van der Waals surface area contributed by atoms with Crippen molar-refractivity contribution in [2.24, 2.45) is 0 Å². The predicted molar refractivity (Wildman–Crippen MR) is 92.3 cm³/mol. The van der Waals surface area contributed by atoms with Crippen molar-refractivity contribution < 1.29 is 9.47 Å². The summed E-state index contributed by atoms with van der Waals surface area (Å²) in [4.78, 5) is 3.88. The molecule has 0 fully saturated rings. The number of benzene rings is 2. The van der Waals surface area contributed by atoms with Gasteiger partial charge >= 0.3 is 0 Å². The van der Waals surface area contributed by atoms with E-state index in [9.17, 15) is 0 Å². The molecule has 0 amide bonds. The molecule has 0 unspecified atom stereocenters. The molecule has 7 heteroatoms. The van der Waals surface area contributed by atoms with E-state index in [1.54, 1.807) is 23.9 Å². The Labute approximate surface area is 150 Å². The van der Waals surface area contributed by atoms with Crippen LogP contribution in [0.4, 0.5) is 0 Å². The lowest BCUT2D eigenvalue weighted by atomic mass is 10.1. The molecule has 0 aliphatic carbocycles. The summed E-state index contributed by atoms with van der Waals surface area (Å²) >= 11 is 0. The minimum Gasteiger partial charge on any atom is -0.493 e. The number of nitrogens with zero attached hydrogens (tertiary/aromatic N) is 5. The first-order chi connectivity index (χ1) is 12.7. The summed E-state index contributed by atoms with van der Waals surface area (Å²) in [6.45, 7) is 0.801. The van der Waals surface area contributed by atoms with Crippen LogP contribution in [-0.2, 0) is 13.2 Å². The summed E-state index contributed by atoms with van der Waals surface area (Å²) in [6.07, 6.45) is 1.51. The highest BCUT2D eigenvalue weighted by atomic mass is 16.5. The number of aromatic nitrogens is 3. The molecule has 2 aromatic carbocycles. The molecule has 26 heavy (non-hydrogen) atoms. The summed E-state index contributed by atoms with van der Waals surface area (Å²) < 4.78 is 12.8. The van der Waals surface area contributed by atoms with Crippen LogP contribution < -0.4 is 9.47 Å². The number of nitriles is 2. The van der Waals surface area contributed by atoms with Gasteiger partial charge in [-0.1, -0.05) is 18.2 Å². The Morgan fingerprint density at radius 2 is 1.92 bits per heavy atom. The second-order valence-corrected chi connectivity index (χ2v) is 5.46. The summed E-state index contributed by atoms with van der Waals surface area (Å²) in [5.74, 6) is 1.34. The van der Waals surface area contributed by atoms with Crippen molar-refractivity contribution in [1.29, 1.82) is 10.5 Å². The Morgan fingerprint density at radius 3 is 2.65 bits per heavy atom. The van der Waals surface area contributed by atoms with Gasteiger partial charge < -0.3 is 9.47 Å². The molecule has 1 aromatic heterocycles. The van der Waals surface area contributed by atoms with Gasteiger partial charge in [-0.3, -0.25) is 0 Å². The third-order valence-corrected chi connectivity index (χ3v) is 3.66. The van der Waals surface area contributed by atoms with E-state index in [1.165, 1.54) is 6.33 Å². The van der Waals surface area contributed by atoms with E-state index in [0.29, 0.717) is 30.2 Å². The van der Waals surface area contributed by atoms with Crippen LogP contribution in [-0.4, -0.2) is 21.9 Å². The van der Waals surface area contributed by atoms with Gasteiger partial charge in [0.25, 0.3) is 5.82 Å². The standard InChI is InChI=1S/C19H15N5O2/c1-25-18-8-15(11-24-13-22-19(10-21)23-24)5-6-17(18)26-12-16-4-2-3-14(7-16)9-20/h2-8,13H,11-12H2,1H3. The fourth-order valence-corrected chi connectivity index (χ4v) is 2.43. The molecule has 0 saturated carbocycles. The molecular weight excluding hydrogens is 330 g/mol. The van der Waals surface area contributed by atoms with E-state index in [2.05, 4.69) is 16.2 Å². The van der Waals surface area contributed by atoms with Gasteiger partial charge in [0.1, 0.15) is 19.0 Å². The Hall–Kier alpha value is -3.84. The molecule has 3 rings (SSSR count). The smallest absolute Gasteiger partial charge is 0.252 e. The fraction of sp³-hybridized carbons (Fsp3) is 0.158. The Balaban J connectivity index is 1.72. The zero-order valence-corrected chi connectivity index (χ0v) is 14.1. The minimum absolute atomic E-state index is 0.136. The van der Waals surface area contributed by atoms with Gasteiger partial charge in [-0.25, -0.2) is 9.67 Å². The second kappa shape index (κ2) is 7.82. The number of hydrogen-bond acceptors (Lipinski definition) is 6. The first kappa shape index (κ1) is 17.0. The van der Waals surface area contributed by atoms with Gasteiger partial charge in [0.15, 0.2) is 11.5 Å². The van der Waals surface area contributed by atoms with Crippen molar-refractivity contribution in [3.05, 3.63) is 71.3 Å². The van der Waals surface area contributed by atoms with Gasteiger partial charge in [0.05, 0.1) is 25.3 Å². The highest BCUT2D eigenvalue weighted by molar-refractivity contribution is 5.43. The molecule has 0 aliphatic heterocycles. The highest BCUT2D eigenvalue weighted by Gasteiger charge is 2.08. The maximum atomic E-state index is 8.96. The third kappa shape index (κ3) is 3.97. The monoisotopic (exact) mass is 345 g/mol. The van der Waals surface area contributed by atoms with Gasteiger partial charge in [0, 0.05) is 0 Å². The van der Waals surface area contributed by atoms with Gasteiger partial charge in [-0.05, 0) is 35.4 Å². The van der Waals surface area contributed by atoms with Crippen LogP contribution in [0.2, 0.25) is 0 Å². The summed E-state index contributed by atoms with van der Waals surface area (Å²) in [5.41, 5.74) is 2.44. The average Bonchev–Trinajstić information content (AvgIpc) is 3.14. The minimum atomic E-state index is 0.136. The summed E-state index contributed by atoms with van der Waals surface area (Å²) in [6, 6.07) is 16.9. The van der Waals surface area contributed by atoms with E-state index in [1.807, 2.05) is 36.4 Å². The first-order valence-electron chi connectivity index (χ1n) is 7.80. The van der Waals surface area contributed by atoms with Gasteiger partial charge in [0.2, 0.25) is 0 Å². The first-order valence-corrected chi connectivity index (χ1v) is 7.80. The SMILES string of the molecule is COc1cc(Cn2cnc(C#N)n2)ccc1OCc1cccc(C#N)c1. The van der Waals surface area contributed by atoms with Crippen molar-refractivity contribution in [2.45, 2.75) is 13.2 Å². The molecule has 0 bridgehead atoms. The van der Waals surface area contributed by atoms with Crippen LogP contribution in [0.25, 0.3) is 0 Å². The van der Waals surface area contributed by atoms with Crippen LogP contribution >= 0.6 is 0 Å². The fourth-order valence-electron chi connectivity index (χ4n) is 2.43. The van der Waals surface area contributed by atoms with Crippen LogP contribution in [0.1, 0.15) is 22.5 Å². The van der Waals surface area contributed by atoms with Crippen molar-refractivity contribution in [3.8, 4) is 23.6 Å². The largest absolute Gasteiger partial charge is 0.493 e. The molecule has 3 aromatic rings. The topological polar surface area (TPSA) is 96.8 Å². The molecule has 0 N–H and O–H groups in total. The number of hydrogen-bond donors (Lipinski definition) is 0. The summed E-state index contributed by atoms with van der Waals surface area (Å²) in [7, 11) is 1.57. The molecule has 0 aliphatic rings. The van der Waals surface area contributed by atoms with E-state index in [0.717, 1.165) is 11.1 Å². The van der Waals surface area contributed by atoms with Crippen LogP contribution in [0.5, 0.6) is 11.5 Å². The molecule has 0 saturated heterocycles. The number of methoxy groups -OCH3 is 1. The molecule has 1 heterocycles. The van der Waals surface area contributed by atoms with E-state index in [4.69, 9.17) is 20.0 Å².